The van der Waals surface area contributed by atoms with Crippen LogP contribution in [0.25, 0.3) is 0 Å². The molecule has 0 heterocycles. The number of hydrogen-bond acceptors (Lipinski definition) is 4. The standard InChI is InChI=1S/C59H54N4/c1-44-16-11-12-24-56(40-44)63(59-27-15-19-47(4)43-59)55-38-32-52(33-39-55)60(50-28-34-53(35-29-50)61(48-20-7-5-8-21-48)57-25-13-17-45(2)41-57)51-30-36-54(37-31-51)62(49-22-9-6-10-23-49)58-26-14-18-46(3)42-58/h5,7-9,12-43H,6,10-11H2,1-4H3. The first kappa shape index (κ1) is 40.8. The monoisotopic (exact) mass is 818 g/mol. The molecular weight excluding hydrogens is 765 g/mol. The van der Waals surface area contributed by atoms with Crippen LogP contribution >= 0.6 is 0 Å². The fourth-order valence-corrected chi connectivity index (χ4v) is 8.61. The van der Waals surface area contributed by atoms with Gasteiger partial charge in [0.15, 0.2) is 0 Å². The summed E-state index contributed by atoms with van der Waals surface area (Å²) in [5.41, 5.74) is 18.3. The van der Waals surface area contributed by atoms with Crippen LogP contribution in [0.4, 0.5) is 56.9 Å². The Bertz CT molecular complexity index is 2840. The smallest absolute Gasteiger partial charge is 0.0464 e. The third-order valence-corrected chi connectivity index (χ3v) is 11.6. The summed E-state index contributed by atoms with van der Waals surface area (Å²) in [5, 5.41) is 0. The minimum atomic E-state index is 0.921. The van der Waals surface area contributed by atoms with Crippen molar-refractivity contribution in [3.8, 4) is 0 Å². The maximum atomic E-state index is 2.37. The molecule has 7 aromatic rings. The molecule has 0 saturated carbocycles. The Labute approximate surface area is 374 Å². The van der Waals surface area contributed by atoms with Crippen molar-refractivity contribution in [1.82, 2.24) is 0 Å². The lowest BCUT2D eigenvalue weighted by Crippen LogP contribution is -2.17. The molecule has 0 N–H and O–H groups in total. The van der Waals surface area contributed by atoms with E-state index >= 15 is 0 Å². The lowest BCUT2D eigenvalue weighted by molar-refractivity contribution is 0.997. The van der Waals surface area contributed by atoms with Crippen molar-refractivity contribution in [1.29, 1.82) is 0 Å². The van der Waals surface area contributed by atoms with Crippen LogP contribution in [-0.2, 0) is 0 Å². The van der Waals surface area contributed by atoms with Gasteiger partial charge < -0.3 is 19.6 Å². The number of para-hydroxylation sites is 1. The first-order valence-corrected chi connectivity index (χ1v) is 22.1. The molecule has 0 unspecified atom stereocenters. The molecule has 0 spiro atoms. The van der Waals surface area contributed by atoms with Gasteiger partial charge in [-0.15, -0.1) is 0 Å². The lowest BCUT2D eigenvalue weighted by Gasteiger charge is -2.31. The van der Waals surface area contributed by atoms with Gasteiger partial charge in [0, 0.05) is 68.3 Å². The molecule has 0 atom stereocenters. The fraction of sp³-hybridized carbons (Fsp3) is 0.119. The van der Waals surface area contributed by atoms with Gasteiger partial charge in [0.25, 0.3) is 0 Å². The summed E-state index contributed by atoms with van der Waals surface area (Å²) in [4.78, 5) is 9.42. The number of allylic oxidation sites excluding steroid dienone is 8. The van der Waals surface area contributed by atoms with E-state index in [2.05, 4.69) is 266 Å². The van der Waals surface area contributed by atoms with E-state index in [-0.39, 0.29) is 0 Å². The summed E-state index contributed by atoms with van der Waals surface area (Å²) < 4.78 is 0. The van der Waals surface area contributed by atoms with E-state index in [1.165, 1.54) is 28.0 Å². The molecule has 0 aromatic heterocycles. The molecule has 9 rings (SSSR count). The van der Waals surface area contributed by atoms with Crippen molar-refractivity contribution < 1.29 is 0 Å². The zero-order valence-corrected chi connectivity index (χ0v) is 36.7. The molecule has 0 saturated heterocycles. The average molecular weight is 819 g/mol. The number of anilines is 10. The van der Waals surface area contributed by atoms with E-state index in [1.807, 2.05) is 0 Å². The molecule has 0 bridgehead atoms. The molecule has 7 aromatic carbocycles. The predicted molar refractivity (Wildman–Crippen MR) is 269 cm³/mol. The molecule has 4 nitrogen and oxygen atoms in total. The Balaban J connectivity index is 1.14. The second kappa shape index (κ2) is 18.6. The van der Waals surface area contributed by atoms with Gasteiger partial charge in [0.2, 0.25) is 0 Å². The van der Waals surface area contributed by atoms with Crippen molar-refractivity contribution in [2.24, 2.45) is 0 Å². The molecular formula is C59H54N4. The van der Waals surface area contributed by atoms with Gasteiger partial charge in [-0.2, -0.15) is 0 Å². The first-order valence-electron chi connectivity index (χ1n) is 22.1. The topological polar surface area (TPSA) is 13.0 Å². The molecule has 0 amide bonds. The van der Waals surface area contributed by atoms with E-state index in [4.69, 9.17) is 0 Å². The van der Waals surface area contributed by atoms with Crippen LogP contribution in [0.5, 0.6) is 0 Å². The minimum Gasteiger partial charge on any atom is -0.311 e. The van der Waals surface area contributed by atoms with E-state index in [0.717, 1.165) is 81.8 Å². The molecule has 0 aliphatic heterocycles. The molecule has 63 heavy (non-hydrogen) atoms. The average Bonchev–Trinajstić information content (AvgIpc) is 3.53. The van der Waals surface area contributed by atoms with Crippen molar-refractivity contribution in [2.75, 3.05) is 19.6 Å². The summed E-state index contributed by atoms with van der Waals surface area (Å²) in [6, 6.07) is 63.8. The van der Waals surface area contributed by atoms with E-state index < -0.39 is 0 Å². The Kier molecular flexibility index (Phi) is 12.0. The van der Waals surface area contributed by atoms with Gasteiger partial charge in [-0.1, -0.05) is 84.5 Å². The SMILES string of the molecule is CC1=CCC=CC(N(c2ccc(N(c3ccc(N(C4=CCCC=C4)c4cccc(C)c4)cc3)c3ccc(N(c4ccccc4)c4cccc(C)c4)cc3)cc2)c2cccc(C)c2)=C1. The zero-order chi connectivity index (χ0) is 43.1. The number of benzene rings is 7. The van der Waals surface area contributed by atoms with Gasteiger partial charge in [-0.25, -0.2) is 0 Å². The van der Waals surface area contributed by atoms with Crippen LogP contribution in [-0.4, -0.2) is 0 Å². The lowest BCUT2D eigenvalue weighted by atomic mass is 10.1. The van der Waals surface area contributed by atoms with E-state index in [0.29, 0.717) is 0 Å². The van der Waals surface area contributed by atoms with Crippen LogP contribution in [0.2, 0.25) is 0 Å². The summed E-state index contributed by atoms with van der Waals surface area (Å²) in [5.74, 6) is 0. The number of aryl methyl sites for hydroxylation is 3. The Hall–Kier alpha value is -7.56. The number of hydrogen-bond donors (Lipinski definition) is 0. The van der Waals surface area contributed by atoms with Gasteiger partial charge in [-0.3, -0.25) is 0 Å². The molecule has 0 fully saturated rings. The molecule has 2 aliphatic carbocycles. The minimum absolute atomic E-state index is 0.921. The molecule has 0 radical (unpaired) electrons. The fourth-order valence-electron chi connectivity index (χ4n) is 8.61. The Morgan fingerprint density at radius 2 is 0.698 bits per heavy atom. The highest BCUT2D eigenvalue weighted by atomic mass is 15.2. The normalized spacial score (nSPS) is 13.4. The van der Waals surface area contributed by atoms with Crippen LogP contribution < -0.4 is 19.6 Å². The van der Waals surface area contributed by atoms with Gasteiger partial charge in [0.05, 0.1) is 0 Å². The van der Waals surface area contributed by atoms with Crippen LogP contribution in [0.3, 0.4) is 0 Å². The highest BCUT2D eigenvalue weighted by molar-refractivity contribution is 5.84. The summed E-state index contributed by atoms with van der Waals surface area (Å²) >= 11 is 0. The third kappa shape index (κ3) is 9.22. The number of nitrogens with zero attached hydrogens (tertiary/aromatic N) is 4. The van der Waals surface area contributed by atoms with Gasteiger partial charge in [-0.05, 0) is 203 Å². The van der Waals surface area contributed by atoms with Gasteiger partial charge in [0.1, 0.15) is 0 Å². The highest BCUT2D eigenvalue weighted by Crippen LogP contribution is 2.42. The van der Waals surface area contributed by atoms with Crippen molar-refractivity contribution in [2.45, 2.75) is 47.0 Å². The predicted octanol–water partition coefficient (Wildman–Crippen LogP) is 16.9. The van der Waals surface area contributed by atoms with Crippen LogP contribution in [0.15, 0.2) is 235 Å². The van der Waals surface area contributed by atoms with Crippen molar-refractivity contribution in [3.63, 3.8) is 0 Å². The third-order valence-electron chi connectivity index (χ3n) is 11.6. The van der Waals surface area contributed by atoms with E-state index in [1.54, 1.807) is 0 Å². The Morgan fingerprint density at radius 3 is 1.14 bits per heavy atom. The summed E-state index contributed by atoms with van der Waals surface area (Å²) in [6.07, 6.45) is 18.9. The van der Waals surface area contributed by atoms with Crippen LogP contribution in [0.1, 0.15) is 42.9 Å². The Morgan fingerprint density at radius 1 is 0.317 bits per heavy atom. The molecule has 2 aliphatic rings. The highest BCUT2D eigenvalue weighted by Gasteiger charge is 2.20. The molecule has 4 heteroatoms. The molecule has 310 valence electrons. The number of rotatable bonds is 12. The van der Waals surface area contributed by atoms with E-state index in [9.17, 15) is 0 Å². The van der Waals surface area contributed by atoms with Gasteiger partial charge >= 0.3 is 0 Å². The maximum absolute atomic E-state index is 2.37. The first-order chi connectivity index (χ1) is 30.9. The second-order valence-corrected chi connectivity index (χ2v) is 16.5. The maximum Gasteiger partial charge on any atom is 0.0464 e. The van der Waals surface area contributed by atoms with Crippen molar-refractivity contribution >= 4 is 56.9 Å². The summed E-state index contributed by atoms with van der Waals surface area (Å²) in [6.45, 7) is 8.65. The zero-order valence-electron chi connectivity index (χ0n) is 36.7. The van der Waals surface area contributed by atoms with Crippen LogP contribution in [0, 0.1) is 20.8 Å². The summed E-state index contributed by atoms with van der Waals surface area (Å²) in [7, 11) is 0. The van der Waals surface area contributed by atoms with Crippen molar-refractivity contribution in [3.05, 3.63) is 252 Å². The quantitative estimate of drug-likeness (QED) is 0.122. The largest absolute Gasteiger partial charge is 0.311 e. The second-order valence-electron chi connectivity index (χ2n) is 16.5.